The van der Waals surface area contributed by atoms with E-state index in [2.05, 4.69) is 9.88 Å². The molecule has 0 radical (unpaired) electrons. The van der Waals surface area contributed by atoms with Crippen molar-refractivity contribution in [3.05, 3.63) is 70.1 Å². The third-order valence-electron chi connectivity index (χ3n) is 6.96. The lowest BCUT2D eigenvalue weighted by Crippen LogP contribution is -2.60. The molecule has 3 heterocycles. The fraction of sp³-hybridized carbons (Fsp3) is 0.400. The Morgan fingerprint density at radius 2 is 1.85 bits per heavy atom. The number of carbonyl (C=O) groups excluding carboxylic acids is 1. The van der Waals surface area contributed by atoms with Crippen molar-refractivity contribution in [1.29, 1.82) is 0 Å². The predicted molar refractivity (Wildman–Crippen MR) is 122 cm³/mol. The van der Waals surface area contributed by atoms with Crippen molar-refractivity contribution in [2.45, 2.75) is 32.2 Å². The molecule has 1 amide bonds. The number of rotatable bonds is 4. The van der Waals surface area contributed by atoms with Crippen LogP contribution in [0.2, 0.25) is 5.02 Å². The van der Waals surface area contributed by atoms with Crippen molar-refractivity contribution in [3.8, 4) is 0 Å². The maximum absolute atomic E-state index is 14.1. The van der Waals surface area contributed by atoms with Gasteiger partial charge in [0.05, 0.1) is 5.56 Å². The van der Waals surface area contributed by atoms with Crippen molar-refractivity contribution in [1.82, 2.24) is 14.8 Å². The number of amides is 1. The molecule has 0 unspecified atom stereocenters. The molecule has 3 aromatic rings. The highest BCUT2D eigenvalue weighted by Gasteiger charge is 2.45. The number of hydrogen-bond acceptors (Lipinski definition) is 2. The van der Waals surface area contributed by atoms with Crippen LogP contribution in [0.25, 0.3) is 10.9 Å². The Morgan fingerprint density at radius 3 is 2.52 bits per heavy atom. The normalized spacial score (nSPS) is 18.6. The number of likely N-dealkylation sites (tertiary alicyclic amines) is 2. The summed E-state index contributed by atoms with van der Waals surface area (Å²) < 4.78 is 40.9. The van der Waals surface area contributed by atoms with Gasteiger partial charge in [-0.1, -0.05) is 17.7 Å². The molecule has 33 heavy (non-hydrogen) atoms. The van der Waals surface area contributed by atoms with Crippen molar-refractivity contribution in [3.63, 3.8) is 0 Å². The molecule has 1 aromatic heterocycles. The second-order valence-corrected chi connectivity index (χ2v) is 9.99. The highest BCUT2D eigenvalue weighted by Crippen LogP contribution is 2.41. The van der Waals surface area contributed by atoms with Gasteiger partial charge in [0.2, 0.25) is 0 Å². The van der Waals surface area contributed by atoms with Crippen molar-refractivity contribution in [2.75, 3.05) is 26.2 Å². The highest BCUT2D eigenvalue weighted by molar-refractivity contribution is 6.31. The molecule has 1 N–H and O–H groups in total. The smallest absolute Gasteiger partial charge is 0.273 e. The molecule has 0 aliphatic carbocycles. The predicted octanol–water partition coefficient (Wildman–Crippen LogP) is 5.81. The van der Waals surface area contributed by atoms with Gasteiger partial charge in [0.15, 0.2) is 0 Å². The molecule has 8 heteroatoms. The number of aromatic amines is 1. The topological polar surface area (TPSA) is 39.3 Å². The van der Waals surface area contributed by atoms with Gasteiger partial charge in [-0.3, -0.25) is 9.69 Å². The van der Waals surface area contributed by atoms with Crippen LogP contribution in [0, 0.1) is 11.2 Å². The average Bonchev–Trinajstić information content (AvgIpc) is 3.15. The minimum absolute atomic E-state index is 0.00311. The average molecular weight is 476 g/mol. The molecule has 2 saturated heterocycles. The molecule has 4 nitrogen and oxygen atoms in total. The lowest BCUT2D eigenvalue weighted by atomic mass is 9.72. The Hall–Kier alpha value is -2.51. The van der Waals surface area contributed by atoms with E-state index >= 15 is 0 Å². The molecule has 1 spiro atoms. The van der Waals surface area contributed by atoms with E-state index in [1.807, 2.05) is 23.1 Å². The lowest BCUT2D eigenvalue weighted by Gasteiger charge is -2.54. The lowest BCUT2D eigenvalue weighted by molar-refractivity contribution is -0.0466. The number of nitrogens with zero attached hydrogens (tertiary/aromatic N) is 2. The maximum Gasteiger partial charge on any atom is 0.273 e. The van der Waals surface area contributed by atoms with Gasteiger partial charge in [-0.05, 0) is 60.2 Å². The van der Waals surface area contributed by atoms with Crippen LogP contribution < -0.4 is 0 Å². The Kier molecular flexibility index (Phi) is 5.45. The monoisotopic (exact) mass is 475 g/mol. The van der Waals surface area contributed by atoms with E-state index in [0.717, 1.165) is 36.8 Å². The number of nitrogens with one attached hydrogen (secondary N) is 1. The molecular weight excluding hydrogens is 451 g/mol. The molecule has 2 aromatic carbocycles. The van der Waals surface area contributed by atoms with Crippen LogP contribution >= 0.6 is 11.6 Å². The zero-order valence-corrected chi connectivity index (χ0v) is 19.1. The number of alkyl halides is 2. The number of benzene rings is 2. The molecule has 2 aliphatic heterocycles. The SMILES string of the molecule is CC(F)(F)c1ccc(CN2CC3(CCN(C(=O)c4cc5cc(Cl)ccc5[nH]4)CC3)C2)cc1F. The largest absolute Gasteiger partial charge is 0.351 e. The summed E-state index contributed by atoms with van der Waals surface area (Å²) in [6, 6.07) is 11.3. The second-order valence-electron chi connectivity index (χ2n) is 9.55. The third-order valence-corrected chi connectivity index (χ3v) is 7.19. The summed E-state index contributed by atoms with van der Waals surface area (Å²) in [4.78, 5) is 20.2. The van der Waals surface area contributed by atoms with Gasteiger partial charge < -0.3 is 9.88 Å². The summed E-state index contributed by atoms with van der Waals surface area (Å²) in [5.74, 6) is -4.05. The molecule has 0 bridgehead atoms. The quantitative estimate of drug-likeness (QED) is 0.517. The first-order valence-corrected chi connectivity index (χ1v) is 11.5. The van der Waals surface area contributed by atoms with Crippen LogP contribution in [-0.2, 0) is 12.5 Å². The van der Waals surface area contributed by atoms with E-state index in [9.17, 15) is 18.0 Å². The molecule has 174 valence electrons. The summed E-state index contributed by atoms with van der Waals surface area (Å²) in [5.41, 5.74) is 1.75. The highest BCUT2D eigenvalue weighted by atomic mass is 35.5. The summed E-state index contributed by atoms with van der Waals surface area (Å²) in [7, 11) is 0. The zero-order chi connectivity index (χ0) is 23.4. The van der Waals surface area contributed by atoms with Crippen LogP contribution in [0.3, 0.4) is 0 Å². The summed E-state index contributed by atoms with van der Waals surface area (Å²) in [6.07, 6.45) is 1.83. The van der Waals surface area contributed by atoms with Gasteiger partial charge >= 0.3 is 0 Å². The van der Waals surface area contributed by atoms with Gasteiger partial charge in [-0.2, -0.15) is 0 Å². The van der Waals surface area contributed by atoms with Crippen LogP contribution in [-0.4, -0.2) is 46.9 Å². The standard InChI is InChI=1S/C25H25ClF3N3O/c1-24(28,29)19-4-2-16(10-20(19)27)13-31-14-25(15-31)6-8-32(9-7-25)23(33)22-12-17-11-18(26)3-5-21(17)30-22/h2-5,10-12,30H,6-9,13-15H2,1H3. The van der Waals surface area contributed by atoms with Crippen molar-refractivity contribution < 1.29 is 18.0 Å². The molecule has 2 aliphatic rings. The van der Waals surface area contributed by atoms with E-state index in [1.54, 1.807) is 12.1 Å². The molecule has 0 atom stereocenters. The van der Waals surface area contributed by atoms with E-state index in [4.69, 9.17) is 11.6 Å². The minimum atomic E-state index is -3.19. The van der Waals surface area contributed by atoms with E-state index in [-0.39, 0.29) is 11.3 Å². The number of hydrogen-bond donors (Lipinski definition) is 1. The van der Waals surface area contributed by atoms with Crippen molar-refractivity contribution in [2.24, 2.45) is 5.41 Å². The molecule has 0 saturated carbocycles. The Labute approximate surface area is 195 Å². The van der Waals surface area contributed by atoms with Crippen LogP contribution in [0.1, 0.15) is 41.4 Å². The number of piperidine rings is 1. The van der Waals surface area contributed by atoms with Gasteiger partial charge in [0.1, 0.15) is 11.5 Å². The minimum Gasteiger partial charge on any atom is -0.351 e. The number of H-pyrrole nitrogens is 1. The Bertz CT molecular complexity index is 1200. The second kappa shape index (κ2) is 8.06. The number of fused-ring (bicyclic) bond motifs is 1. The van der Waals surface area contributed by atoms with E-state index in [0.29, 0.717) is 42.8 Å². The summed E-state index contributed by atoms with van der Waals surface area (Å²) in [6.45, 7) is 4.36. The first-order valence-electron chi connectivity index (χ1n) is 11.1. The van der Waals surface area contributed by atoms with E-state index < -0.39 is 17.3 Å². The maximum atomic E-state index is 14.1. The van der Waals surface area contributed by atoms with Gasteiger partial charge in [-0.15, -0.1) is 0 Å². The summed E-state index contributed by atoms with van der Waals surface area (Å²) >= 11 is 6.04. The molecular formula is C25H25ClF3N3O. The summed E-state index contributed by atoms with van der Waals surface area (Å²) in [5, 5.41) is 1.55. The van der Waals surface area contributed by atoms with Crippen LogP contribution in [0.15, 0.2) is 42.5 Å². The Morgan fingerprint density at radius 1 is 1.12 bits per heavy atom. The van der Waals surface area contributed by atoms with Crippen LogP contribution in [0.5, 0.6) is 0 Å². The van der Waals surface area contributed by atoms with Gasteiger partial charge in [-0.25, -0.2) is 13.2 Å². The fourth-order valence-corrected chi connectivity index (χ4v) is 5.36. The fourth-order valence-electron chi connectivity index (χ4n) is 5.17. The Balaban J connectivity index is 1.16. The first kappa shape index (κ1) is 22.3. The van der Waals surface area contributed by atoms with Crippen molar-refractivity contribution >= 4 is 28.4 Å². The van der Waals surface area contributed by atoms with Gasteiger partial charge in [0, 0.05) is 55.6 Å². The zero-order valence-electron chi connectivity index (χ0n) is 18.3. The van der Waals surface area contributed by atoms with E-state index in [1.165, 1.54) is 12.1 Å². The molecule has 2 fully saturated rings. The van der Waals surface area contributed by atoms with Crippen LogP contribution in [0.4, 0.5) is 13.2 Å². The third kappa shape index (κ3) is 4.36. The number of aromatic nitrogens is 1. The van der Waals surface area contributed by atoms with Gasteiger partial charge in [0.25, 0.3) is 11.8 Å². The number of halogens is 4. The molecule has 5 rings (SSSR count). The first-order chi connectivity index (χ1) is 15.6. The number of carbonyl (C=O) groups is 1.